The molecule has 1 heterocycles. The smallest absolute Gasteiger partial charge is 0.332 e. The van der Waals surface area contributed by atoms with Gasteiger partial charge in [-0.3, -0.25) is 9.78 Å². The first-order valence-electron chi connectivity index (χ1n) is 6.10. The van der Waals surface area contributed by atoms with Crippen molar-refractivity contribution in [1.82, 2.24) is 4.98 Å². The zero-order chi connectivity index (χ0) is 15.1. The van der Waals surface area contributed by atoms with E-state index < -0.39 is 23.5 Å². The zero-order valence-electron chi connectivity index (χ0n) is 11.0. The van der Waals surface area contributed by atoms with Crippen molar-refractivity contribution in [2.45, 2.75) is 37.2 Å². The second-order valence-electron chi connectivity index (χ2n) is 4.36. The molecule has 0 saturated carbocycles. The molecule has 20 heavy (non-hydrogen) atoms. The lowest BCUT2D eigenvalue weighted by atomic mass is 10.0. The van der Waals surface area contributed by atoms with Crippen molar-refractivity contribution in [3.05, 3.63) is 30.1 Å². The van der Waals surface area contributed by atoms with Gasteiger partial charge in [-0.2, -0.15) is 0 Å². The van der Waals surface area contributed by atoms with Gasteiger partial charge in [0.05, 0.1) is 0 Å². The van der Waals surface area contributed by atoms with Crippen molar-refractivity contribution in [3.8, 4) is 0 Å². The summed E-state index contributed by atoms with van der Waals surface area (Å²) in [5.74, 6) is -2.39. The van der Waals surface area contributed by atoms with E-state index >= 15 is 0 Å². The molecule has 3 atom stereocenters. The first-order chi connectivity index (χ1) is 9.41. The average Bonchev–Trinajstić information content (AvgIpc) is 2.42. The monoisotopic (exact) mass is 299 g/mol. The van der Waals surface area contributed by atoms with E-state index in [-0.39, 0.29) is 18.8 Å². The Hall–Kier alpha value is -1.60. The summed E-state index contributed by atoms with van der Waals surface area (Å²) in [6.45, 7) is 1.85. The number of carboxylic acid groups (broad SMARTS) is 2. The lowest BCUT2D eigenvalue weighted by Gasteiger charge is -2.23. The molecular weight excluding hydrogens is 282 g/mol. The fourth-order valence-corrected chi connectivity index (χ4v) is 1.94. The highest BCUT2D eigenvalue weighted by Gasteiger charge is 2.25. The summed E-state index contributed by atoms with van der Waals surface area (Å²) in [4.78, 5) is 25.4. The summed E-state index contributed by atoms with van der Waals surface area (Å²) in [6, 6.07) is 3.59. The fraction of sp³-hybridized carbons (Fsp3) is 0.462. The Labute approximate surface area is 122 Å². The van der Waals surface area contributed by atoms with Crippen molar-refractivity contribution >= 4 is 24.6 Å². The molecule has 7 heteroatoms. The van der Waals surface area contributed by atoms with Crippen molar-refractivity contribution in [2.24, 2.45) is 0 Å². The summed E-state index contributed by atoms with van der Waals surface area (Å²) < 4.78 is 5.36. The third kappa shape index (κ3) is 5.18. The molecule has 110 valence electrons. The first-order valence-corrected chi connectivity index (χ1v) is 6.61. The van der Waals surface area contributed by atoms with E-state index in [4.69, 9.17) is 14.9 Å². The second kappa shape index (κ2) is 7.86. The highest BCUT2D eigenvalue weighted by atomic mass is 32.1. The molecule has 1 aromatic heterocycles. The van der Waals surface area contributed by atoms with Crippen LogP contribution in [0, 0.1) is 0 Å². The minimum atomic E-state index is -1.19. The van der Waals surface area contributed by atoms with Gasteiger partial charge in [0.2, 0.25) is 0 Å². The number of hydrogen-bond donors (Lipinski definition) is 3. The Balaban J connectivity index is 2.63. The summed E-state index contributed by atoms with van der Waals surface area (Å²) in [5, 5.41) is 17.6. The third-order valence-electron chi connectivity index (χ3n) is 2.86. The highest BCUT2D eigenvalue weighted by molar-refractivity contribution is 7.80. The number of nitrogens with zero attached hydrogens (tertiary/aromatic N) is 1. The lowest BCUT2D eigenvalue weighted by Crippen LogP contribution is -2.30. The minimum absolute atomic E-state index is 0.0925. The van der Waals surface area contributed by atoms with Crippen molar-refractivity contribution in [1.29, 1.82) is 0 Å². The van der Waals surface area contributed by atoms with Gasteiger partial charge in [-0.25, -0.2) is 4.79 Å². The molecule has 1 rings (SSSR count). The number of hydrogen-bond acceptors (Lipinski definition) is 5. The molecular formula is C13H17NO5S. The molecule has 2 N–H and O–H groups in total. The van der Waals surface area contributed by atoms with Gasteiger partial charge in [-0.05, 0) is 24.1 Å². The lowest BCUT2D eigenvalue weighted by molar-refractivity contribution is -0.153. The summed E-state index contributed by atoms with van der Waals surface area (Å²) in [7, 11) is 0. The van der Waals surface area contributed by atoms with Crippen LogP contribution in [0.2, 0.25) is 0 Å². The summed E-state index contributed by atoms with van der Waals surface area (Å²) in [6.07, 6.45) is 1.72. The van der Waals surface area contributed by atoms with Gasteiger partial charge < -0.3 is 14.9 Å². The largest absolute Gasteiger partial charge is 0.481 e. The molecule has 0 aromatic carbocycles. The van der Waals surface area contributed by atoms with E-state index in [2.05, 4.69) is 17.6 Å². The van der Waals surface area contributed by atoms with E-state index in [9.17, 15) is 9.59 Å². The zero-order valence-corrected chi connectivity index (χ0v) is 11.9. The maximum atomic E-state index is 11.0. The SMILES string of the molecule is CC(c1ccncc1)C(S)OC(CCC(=O)O)C(=O)O. The van der Waals surface area contributed by atoms with E-state index in [1.54, 1.807) is 24.5 Å². The summed E-state index contributed by atoms with van der Waals surface area (Å²) >= 11 is 4.26. The van der Waals surface area contributed by atoms with Crippen LogP contribution in [-0.4, -0.2) is 38.7 Å². The number of ether oxygens (including phenoxy) is 1. The van der Waals surface area contributed by atoms with Crippen LogP contribution in [-0.2, 0) is 14.3 Å². The maximum Gasteiger partial charge on any atom is 0.332 e. The Kier molecular flexibility index (Phi) is 6.47. The topological polar surface area (TPSA) is 96.7 Å². The molecule has 6 nitrogen and oxygen atoms in total. The van der Waals surface area contributed by atoms with E-state index in [0.29, 0.717) is 0 Å². The summed E-state index contributed by atoms with van der Waals surface area (Å²) in [5.41, 5.74) is 0.273. The maximum absolute atomic E-state index is 11.0. The number of carboxylic acids is 2. The van der Waals surface area contributed by atoms with Crippen LogP contribution in [0.25, 0.3) is 0 Å². The number of aromatic nitrogens is 1. The molecule has 0 aliphatic heterocycles. The van der Waals surface area contributed by atoms with E-state index in [1.165, 1.54) is 0 Å². The second-order valence-corrected chi connectivity index (χ2v) is 4.86. The molecule has 0 fully saturated rings. The van der Waals surface area contributed by atoms with Crippen LogP contribution >= 0.6 is 12.6 Å². The normalized spacial score (nSPS) is 15.3. The van der Waals surface area contributed by atoms with Gasteiger partial charge in [0.1, 0.15) is 5.44 Å². The average molecular weight is 299 g/mol. The van der Waals surface area contributed by atoms with Gasteiger partial charge in [-0.15, -0.1) is 12.6 Å². The van der Waals surface area contributed by atoms with Crippen molar-refractivity contribution in [2.75, 3.05) is 0 Å². The Morgan fingerprint density at radius 1 is 1.35 bits per heavy atom. The Bertz CT molecular complexity index is 453. The standard InChI is InChI=1S/C13H17NO5S/c1-8(9-4-6-14-7-5-9)13(20)19-10(12(17)18)2-3-11(15)16/h4-8,10,13,20H,2-3H2,1H3,(H,15,16)(H,17,18). The number of rotatable bonds is 8. The van der Waals surface area contributed by atoms with Gasteiger partial charge in [-0.1, -0.05) is 6.92 Å². The van der Waals surface area contributed by atoms with Gasteiger partial charge in [0.15, 0.2) is 6.10 Å². The van der Waals surface area contributed by atoms with Gasteiger partial charge in [0, 0.05) is 24.7 Å². The van der Waals surface area contributed by atoms with Gasteiger partial charge in [0.25, 0.3) is 0 Å². The van der Waals surface area contributed by atoms with Gasteiger partial charge >= 0.3 is 11.9 Å². The van der Waals surface area contributed by atoms with E-state index in [0.717, 1.165) is 5.56 Å². The quantitative estimate of drug-likeness (QED) is 0.500. The number of thiol groups is 1. The molecule has 0 aliphatic carbocycles. The molecule has 0 aliphatic rings. The predicted molar refractivity (Wildman–Crippen MR) is 74.8 cm³/mol. The van der Waals surface area contributed by atoms with Crippen molar-refractivity contribution in [3.63, 3.8) is 0 Å². The van der Waals surface area contributed by atoms with Crippen LogP contribution in [0.3, 0.4) is 0 Å². The van der Waals surface area contributed by atoms with Crippen LogP contribution in [0.4, 0.5) is 0 Å². The Morgan fingerprint density at radius 3 is 2.45 bits per heavy atom. The minimum Gasteiger partial charge on any atom is -0.481 e. The van der Waals surface area contributed by atoms with Crippen molar-refractivity contribution < 1.29 is 24.5 Å². The molecule has 0 saturated heterocycles. The first kappa shape index (κ1) is 16.5. The van der Waals surface area contributed by atoms with Crippen LogP contribution in [0.1, 0.15) is 31.2 Å². The predicted octanol–water partition coefficient (Wildman–Crippen LogP) is 1.78. The number of aliphatic carboxylic acids is 2. The number of pyridine rings is 1. The fourth-order valence-electron chi connectivity index (χ4n) is 1.62. The van der Waals surface area contributed by atoms with Crippen LogP contribution in [0.15, 0.2) is 24.5 Å². The molecule has 0 spiro atoms. The third-order valence-corrected chi connectivity index (χ3v) is 3.43. The van der Waals surface area contributed by atoms with E-state index in [1.807, 2.05) is 6.92 Å². The van der Waals surface area contributed by atoms with Crippen LogP contribution in [0.5, 0.6) is 0 Å². The molecule has 3 unspecified atom stereocenters. The highest BCUT2D eigenvalue weighted by Crippen LogP contribution is 2.25. The number of carbonyl (C=O) groups is 2. The molecule has 0 bridgehead atoms. The molecule has 0 radical (unpaired) electrons. The van der Waals surface area contributed by atoms with Crippen LogP contribution < -0.4 is 0 Å². The molecule has 0 amide bonds. The molecule has 1 aromatic rings. The Morgan fingerprint density at radius 2 is 1.95 bits per heavy atom.